The van der Waals surface area contributed by atoms with Crippen molar-refractivity contribution in [3.05, 3.63) is 66.5 Å². The van der Waals surface area contributed by atoms with Gasteiger partial charge in [-0.3, -0.25) is 4.68 Å². The number of sulfone groups is 1. The van der Waals surface area contributed by atoms with E-state index in [-0.39, 0.29) is 10.9 Å². The minimum atomic E-state index is -3.26. The lowest BCUT2D eigenvalue weighted by molar-refractivity contribution is 0.252. The molecule has 2 N–H and O–H groups in total. The fraction of sp³-hybridized carbons (Fsp3) is 0.158. The number of nitrogens with one attached hydrogen (secondary N) is 2. The molecule has 0 aliphatic carbocycles. The number of aromatic nitrogens is 2. The number of amides is 2. The normalized spacial score (nSPS) is 11.2. The van der Waals surface area contributed by atoms with E-state index in [0.717, 1.165) is 22.9 Å². The first-order chi connectivity index (χ1) is 12.8. The van der Waals surface area contributed by atoms with Crippen LogP contribution in [0.4, 0.5) is 10.5 Å². The molecular formula is C19H20N4O3S. The van der Waals surface area contributed by atoms with Gasteiger partial charge in [-0.05, 0) is 35.4 Å². The number of aryl methyl sites for hydroxylation is 1. The number of hydrogen-bond donors (Lipinski definition) is 2. The van der Waals surface area contributed by atoms with Crippen molar-refractivity contribution in [1.29, 1.82) is 0 Å². The molecule has 27 heavy (non-hydrogen) atoms. The number of benzene rings is 2. The number of nitrogens with zero attached hydrogens (tertiary/aromatic N) is 2. The smallest absolute Gasteiger partial charge is 0.319 e. The van der Waals surface area contributed by atoms with Gasteiger partial charge in [0.2, 0.25) is 0 Å². The zero-order valence-corrected chi connectivity index (χ0v) is 15.8. The zero-order chi connectivity index (χ0) is 19.4. The summed E-state index contributed by atoms with van der Waals surface area (Å²) in [6.07, 6.45) is 4.84. The summed E-state index contributed by atoms with van der Waals surface area (Å²) in [7, 11) is -1.40. The Labute approximate surface area is 157 Å². The Morgan fingerprint density at radius 3 is 2.44 bits per heavy atom. The molecule has 0 saturated heterocycles. The molecular weight excluding hydrogens is 364 g/mol. The minimum absolute atomic E-state index is 0.207. The maximum absolute atomic E-state index is 12.2. The van der Waals surface area contributed by atoms with E-state index in [2.05, 4.69) is 15.7 Å². The molecule has 0 aliphatic heterocycles. The Balaban J connectivity index is 1.65. The van der Waals surface area contributed by atoms with Gasteiger partial charge in [0.1, 0.15) is 0 Å². The second kappa shape index (κ2) is 7.63. The summed E-state index contributed by atoms with van der Waals surface area (Å²) in [5, 5.41) is 9.69. The molecule has 3 rings (SSSR count). The number of carbonyl (C=O) groups excluding carboxylic acids is 1. The fourth-order valence-corrected chi connectivity index (χ4v) is 3.28. The van der Waals surface area contributed by atoms with Crippen LogP contribution in [0.3, 0.4) is 0 Å². The molecule has 0 saturated carbocycles. The summed E-state index contributed by atoms with van der Waals surface area (Å²) in [6.45, 7) is 0.346. The quantitative estimate of drug-likeness (QED) is 0.707. The molecule has 1 aromatic heterocycles. The molecule has 0 spiro atoms. The van der Waals surface area contributed by atoms with Crippen molar-refractivity contribution in [2.24, 2.45) is 7.05 Å². The number of urea groups is 1. The van der Waals surface area contributed by atoms with Gasteiger partial charge in [-0.2, -0.15) is 5.10 Å². The molecule has 0 fully saturated rings. The molecule has 8 heteroatoms. The third-order valence-electron chi connectivity index (χ3n) is 4.01. The van der Waals surface area contributed by atoms with Gasteiger partial charge in [-0.15, -0.1) is 0 Å². The lowest BCUT2D eigenvalue weighted by Crippen LogP contribution is -2.28. The van der Waals surface area contributed by atoms with Crippen LogP contribution >= 0.6 is 0 Å². The maximum atomic E-state index is 12.2. The van der Waals surface area contributed by atoms with Gasteiger partial charge in [0.15, 0.2) is 9.84 Å². The number of carbonyl (C=O) groups is 1. The maximum Gasteiger partial charge on any atom is 0.319 e. The van der Waals surface area contributed by atoms with Gasteiger partial charge in [-0.25, -0.2) is 13.2 Å². The largest absolute Gasteiger partial charge is 0.334 e. The highest BCUT2D eigenvalue weighted by Crippen LogP contribution is 2.23. The highest BCUT2D eigenvalue weighted by Gasteiger charge is 2.09. The Morgan fingerprint density at radius 2 is 1.81 bits per heavy atom. The monoisotopic (exact) mass is 384 g/mol. The van der Waals surface area contributed by atoms with Crippen molar-refractivity contribution in [3.8, 4) is 11.1 Å². The third kappa shape index (κ3) is 4.73. The Kier molecular flexibility index (Phi) is 5.27. The molecule has 7 nitrogen and oxygen atoms in total. The van der Waals surface area contributed by atoms with Crippen molar-refractivity contribution >= 4 is 21.6 Å². The SMILES string of the molecule is Cn1cc(-c2ccccc2CNC(=O)Nc2ccc(S(C)(=O)=O)cc2)cn1. The van der Waals surface area contributed by atoms with Crippen LogP contribution in [0.15, 0.2) is 65.8 Å². The van der Waals surface area contributed by atoms with Gasteiger partial charge in [0.05, 0.1) is 11.1 Å². The van der Waals surface area contributed by atoms with E-state index in [9.17, 15) is 13.2 Å². The second-order valence-electron chi connectivity index (χ2n) is 6.16. The van der Waals surface area contributed by atoms with Crippen LogP contribution < -0.4 is 10.6 Å². The molecule has 0 aliphatic rings. The molecule has 0 radical (unpaired) electrons. The van der Waals surface area contributed by atoms with Crippen LogP contribution in [-0.2, 0) is 23.4 Å². The van der Waals surface area contributed by atoms with Gasteiger partial charge in [0.25, 0.3) is 0 Å². The average Bonchev–Trinajstić information content (AvgIpc) is 3.06. The number of hydrogen-bond acceptors (Lipinski definition) is 4. The third-order valence-corrected chi connectivity index (χ3v) is 5.14. The van der Waals surface area contributed by atoms with Crippen LogP contribution in [0.2, 0.25) is 0 Å². The lowest BCUT2D eigenvalue weighted by atomic mass is 10.0. The highest BCUT2D eigenvalue weighted by molar-refractivity contribution is 7.90. The van der Waals surface area contributed by atoms with Crippen LogP contribution in [0.1, 0.15) is 5.56 Å². The zero-order valence-electron chi connectivity index (χ0n) is 15.0. The minimum Gasteiger partial charge on any atom is -0.334 e. The molecule has 0 unspecified atom stereocenters. The van der Waals surface area contributed by atoms with Crippen LogP contribution in [-0.4, -0.2) is 30.5 Å². The molecule has 0 bridgehead atoms. The van der Waals surface area contributed by atoms with E-state index >= 15 is 0 Å². The first kappa shape index (κ1) is 18.7. The first-order valence-electron chi connectivity index (χ1n) is 8.25. The Hall–Kier alpha value is -3.13. The highest BCUT2D eigenvalue weighted by atomic mass is 32.2. The number of anilines is 1. The van der Waals surface area contributed by atoms with Crippen molar-refractivity contribution in [2.45, 2.75) is 11.4 Å². The van der Waals surface area contributed by atoms with E-state index in [1.54, 1.807) is 23.0 Å². The summed E-state index contributed by atoms with van der Waals surface area (Å²) in [5.74, 6) is 0. The van der Waals surface area contributed by atoms with E-state index in [4.69, 9.17) is 0 Å². The predicted molar refractivity (Wildman–Crippen MR) is 104 cm³/mol. The van der Waals surface area contributed by atoms with Gasteiger partial charge < -0.3 is 10.6 Å². The lowest BCUT2D eigenvalue weighted by Gasteiger charge is -2.11. The summed E-state index contributed by atoms with van der Waals surface area (Å²) in [5.41, 5.74) is 3.46. The van der Waals surface area contributed by atoms with Gasteiger partial charge in [0, 0.05) is 37.3 Å². The van der Waals surface area contributed by atoms with Crippen molar-refractivity contribution in [2.75, 3.05) is 11.6 Å². The molecule has 2 aromatic carbocycles. The van der Waals surface area contributed by atoms with Crippen LogP contribution in [0.5, 0.6) is 0 Å². The Morgan fingerprint density at radius 1 is 1.11 bits per heavy atom. The standard InChI is InChI=1S/C19H20N4O3S/c1-23-13-15(12-21-23)18-6-4-3-5-14(18)11-20-19(24)22-16-7-9-17(10-8-16)27(2,25)26/h3-10,12-13H,11H2,1-2H3,(H2,20,22,24). The van der Waals surface area contributed by atoms with Crippen molar-refractivity contribution < 1.29 is 13.2 Å². The van der Waals surface area contributed by atoms with Gasteiger partial charge in [-0.1, -0.05) is 24.3 Å². The topological polar surface area (TPSA) is 93.1 Å². The summed E-state index contributed by atoms with van der Waals surface area (Å²) < 4.78 is 24.7. The molecule has 0 atom stereocenters. The molecule has 1 heterocycles. The predicted octanol–water partition coefficient (Wildman–Crippen LogP) is 2.81. The second-order valence-corrected chi connectivity index (χ2v) is 8.18. The molecule has 140 valence electrons. The van der Waals surface area contributed by atoms with E-state index in [1.165, 1.54) is 12.1 Å². The molecule has 2 amide bonds. The summed E-state index contributed by atoms with van der Waals surface area (Å²) in [4.78, 5) is 12.4. The Bertz CT molecular complexity index is 1060. The molecule has 3 aromatic rings. The van der Waals surface area contributed by atoms with E-state index in [0.29, 0.717) is 12.2 Å². The summed E-state index contributed by atoms with van der Waals surface area (Å²) >= 11 is 0. The van der Waals surface area contributed by atoms with E-state index < -0.39 is 9.84 Å². The van der Waals surface area contributed by atoms with Crippen molar-refractivity contribution in [1.82, 2.24) is 15.1 Å². The van der Waals surface area contributed by atoms with Gasteiger partial charge >= 0.3 is 6.03 Å². The van der Waals surface area contributed by atoms with Crippen molar-refractivity contribution in [3.63, 3.8) is 0 Å². The van der Waals surface area contributed by atoms with Crippen LogP contribution in [0.25, 0.3) is 11.1 Å². The van der Waals surface area contributed by atoms with E-state index in [1.807, 2.05) is 37.5 Å². The first-order valence-corrected chi connectivity index (χ1v) is 10.1. The summed E-state index contributed by atoms with van der Waals surface area (Å²) in [6, 6.07) is 13.4. The van der Waals surface area contributed by atoms with Crippen LogP contribution in [0, 0.1) is 0 Å². The average molecular weight is 384 g/mol. The number of rotatable bonds is 5. The fourth-order valence-electron chi connectivity index (χ4n) is 2.65.